The number of benzene rings is 1. The van der Waals surface area contributed by atoms with E-state index in [1.807, 2.05) is 6.92 Å². The molecular weight excluding hydrogens is 350 g/mol. The van der Waals surface area contributed by atoms with Crippen LogP contribution in [-0.2, 0) is 21.4 Å². The molecule has 2 rings (SSSR count). The molecule has 1 atom stereocenters. The van der Waals surface area contributed by atoms with Crippen molar-refractivity contribution in [2.75, 3.05) is 13.1 Å². The number of nitrogens with one attached hydrogen (secondary N) is 1. The fraction of sp³-hybridized carbons (Fsp3) is 0.562. The maximum atomic E-state index is 12.4. The van der Waals surface area contributed by atoms with E-state index in [0.717, 1.165) is 24.8 Å². The van der Waals surface area contributed by atoms with Gasteiger partial charge in [0.2, 0.25) is 15.9 Å². The van der Waals surface area contributed by atoms with E-state index in [9.17, 15) is 13.2 Å². The van der Waals surface area contributed by atoms with Gasteiger partial charge in [-0.1, -0.05) is 25.5 Å². The van der Waals surface area contributed by atoms with E-state index in [1.165, 1.54) is 4.31 Å². The second-order valence-electron chi connectivity index (χ2n) is 5.87. The Morgan fingerprint density at radius 1 is 1.25 bits per heavy atom. The molecule has 1 heterocycles. The van der Waals surface area contributed by atoms with Crippen LogP contribution < -0.4 is 11.1 Å². The van der Waals surface area contributed by atoms with Gasteiger partial charge in [-0.05, 0) is 37.0 Å². The van der Waals surface area contributed by atoms with E-state index in [2.05, 4.69) is 5.32 Å². The van der Waals surface area contributed by atoms with Gasteiger partial charge in [0.1, 0.15) is 0 Å². The van der Waals surface area contributed by atoms with Crippen molar-refractivity contribution < 1.29 is 13.2 Å². The summed E-state index contributed by atoms with van der Waals surface area (Å²) in [5.41, 5.74) is 6.60. The lowest BCUT2D eigenvalue weighted by Crippen LogP contribution is -2.40. The molecule has 8 heteroatoms. The maximum Gasteiger partial charge on any atom is 0.243 e. The van der Waals surface area contributed by atoms with Crippen molar-refractivity contribution >= 4 is 28.3 Å². The van der Waals surface area contributed by atoms with Gasteiger partial charge in [0.05, 0.1) is 10.9 Å². The van der Waals surface area contributed by atoms with Gasteiger partial charge in [0, 0.05) is 19.6 Å². The van der Waals surface area contributed by atoms with Gasteiger partial charge < -0.3 is 11.1 Å². The van der Waals surface area contributed by atoms with Crippen molar-refractivity contribution in [3.05, 3.63) is 29.8 Å². The van der Waals surface area contributed by atoms with E-state index in [-0.39, 0.29) is 18.3 Å². The van der Waals surface area contributed by atoms with Gasteiger partial charge in [-0.3, -0.25) is 4.79 Å². The lowest BCUT2D eigenvalue weighted by molar-refractivity contribution is -0.122. The molecule has 0 aliphatic carbocycles. The number of amides is 1. The van der Waals surface area contributed by atoms with Crippen molar-refractivity contribution in [1.82, 2.24) is 9.62 Å². The van der Waals surface area contributed by atoms with Crippen LogP contribution >= 0.6 is 12.4 Å². The number of nitrogens with zero attached hydrogens (tertiary/aromatic N) is 1. The minimum atomic E-state index is -3.38. The predicted octanol–water partition coefficient (Wildman–Crippen LogP) is 1.64. The Kier molecular flexibility index (Phi) is 8.15. The third-order valence-electron chi connectivity index (χ3n) is 4.03. The normalized spacial score (nSPS) is 16.4. The van der Waals surface area contributed by atoms with Crippen LogP contribution in [0.25, 0.3) is 0 Å². The van der Waals surface area contributed by atoms with Crippen molar-refractivity contribution in [3.63, 3.8) is 0 Å². The Hall–Kier alpha value is -1.15. The molecule has 0 spiro atoms. The van der Waals surface area contributed by atoms with Gasteiger partial charge in [-0.15, -0.1) is 12.4 Å². The van der Waals surface area contributed by atoms with Crippen LogP contribution in [0.4, 0.5) is 0 Å². The molecule has 0 bridgehead atoms. The number of rotatable bonds is 7. The molecule has 1 aliphatic heterocycles. The highest BCUT2D eigenvalue weighted by Gasteiger charge is 2.26. The zero-order valence-corrected chi connectivity index (χ0v) is 15.5. The van der Waals surface area contributed by atoms with Crippen LogP contribution in [0.5, 0.6) is 0 Å². The molecule has 1 aromatic rings. The third kappa shape index (κ3) is 5.17. The van der Waals surface area contributed by atoms with Gasteiger partial charge in [-0.2, -0.15) is 4.31 Å². The summed E-state index contributed by atoms with van der Waals surface area (Å²) in [6, 6.07) is 6.17. The van der Waals surface area contributed by atoms with E-state index in [0.29, 0.717) is 31.0 Å². The SMILES string of the molecule is CCCC(N)C(=O)NCc1ccc(S(=O)(=O)N2CCCC2)cc1.Cl. The lowest BCUT2D eigenvalue weighted by atomic mass is 10.1. The highest BCUT2D eigenvalue weighted by atomic mass is 35.5. The molecule has 3 N–H and O–H groups in total. The first-order chi connectivity index (χ1) is 10.9. The monoisotopic (exact) mass is 375 g/mol. The number of carbonyl (C=O) groups excluding carboxylic acids is 1. The second kappa shape index (κ2) is 9.36. The quantitative estimate of drug-likeness (QED) is 0.757. The largest absolute Gasteiger partial charge is 0.351 e. The molecule has 0 radical (unpaired) electrons. The van der Waals surface area contributed by atoms with Crippen LogP contribution in [0.15, 0.2) is 29.2 Å². The van der Waals surface area contributed by atoms with Crippen LogP contribution in [-0.4, -0.2) is 37.8 Å². The van der Waals surface area contributed by atoms with Crippen molar-refractivity contribution in [1.29, 1.82) is 0 Å². The Bertz CT molecular complexity index is 628. The minimum absolute atomic E-state index is 0. The highest BCUT2D eigenvalue weighted by Crippen LogP contribution is 2.21. The zero-order chi connectivity index (χ0) is 16.9. The first-order valence-corrected chi connectivity index (χ1v) is 9.51. The minimum Gasteiger partial charge on any atom is -0.351 e. The molecular formula is C16H26ClN3O3S. The predicted molar refractivity (Wildman–Crippen MR) is 96.4 cm³/mol. The van der Waals surface area contributed by atoms with Gasteiger partial charge in [0.25, 0.3) is 0 Å². The summed E-state index contributed by atoms with van der Waals surface area (Å²) >= 11 is 0. The van der Waals surface area contributed by atoms with E-state index >= 15 is 0 Å². The Morgan fingerprint density at radius 3 is 2.38 bits per heavy atom. The molecule has 6 nitrogen and oxygen atoms in total. The molecule has 1 unspecified atom stereocenters. The van der Waals surface area contributed by atoms with Crippen molar-refractivity contribution in [2.45, 2.75) is 50.1 Å². The Morgan fingerprint density at radius 2 is 1.83 bits per heavy atom. The van der Waals surface area contributed by atoms with Gasteiger partial charge in [0.15, 0.2) is 0 Å². The van der Waals surface area contributed by atoms with E-state index < -0.39 is 16.1 Å². The fourth-order valence-electron chi connectivity index (χ4n) is 2.62. The maximum absolute atomic E-state index is 12.4. The number of carbonyl (C=O) groups is 1. The second-order valence-corrected chi connectivity index (χ2v) is 7.81. The van der Waals surface area contributed by atoms with E-state index in [4.69, 9.17) is 5.73 Å². The topological polar surface area (TPSA) is 92.5 Å². The molecule has 1 aromatic carbocycles. The van der Waals surface area contributed by atoms with Crippen LogP contribution in [0, 0.1) is 0 Å². The standard InChI is InChI=1S/C16H25N3O3S.ClH/c1-2-5-15(17)16(20)18-12-13-6-8-14(9-7-13)23(21,22)19-10-3-4-11-19;/h6-9,15H,2-5,10-12,17H2,1H3,(H,18,20);1H. The fourth-order valence-corrected chi connectivity index (χ4v) is 4.14. The van der Waals surface area contributed by atoms with Gasteiger partial charge >= 0.3 is 0 Å². The summed E-state index contributed by atoms with van der Waals surface area (Å²) in [7, 11) is -3.38. The summed E-state index contributed by atoms with van der Waals surface area (Å²) in [6.45, 7) is 3.51. The number of hydrogen-bond acceptors (Lipinski definition) is 4. The van der Waals surface area contributed by atoms with Crippen molar-refractivity contribution in [3.8, 4) is 0 Å². The number of nitrogens with two attached hydrogens (primary N) is 1. The third-order valence-corrected chi connectivity index (χ3v) is 5.94. The summed E-state index contributed by atoms with van der Waals surface area (Å²) in [4.78, 5) is 12.1. The summed E-state index contributed by atoms with van der Waals surface area (Å²) in [6.07, 6.45) is 3.35. The lowest BCUT2D eigenvalue weighted by Gasteiger charge is -2.16. The number of sulfonamides is 1. The summed E-state index contributed by atoms with van der Waals surface area (Å²) in [5, 5.41) is 2.77. The van der Waals surface area contributed by atoms with Crippen LogP contribution in [0.2, 0.25) is 0 Å². The first-order valence-electron chi connectivity index (χ1n) is 8.07. The number of hydrogen-bond donors (Lipinski definition) is 2. The number of halogens is 1. The first kappa shape index (κ1) is 20.9. The zero-order valence-electron chi connectivity index (χ0n) is 13.9. The Balaban J connectivity index is 0.00000288. The van der Waals surface area contributed by atoms with Crippen LogP contribution in [0.1, 0.15) is 38.2 Å². The van der Waals surface area contributed by atoms with E-state index in [1.54, 1.807) is 24.3 Å². The molecule has 1 aliphatic rings. The van der Waals surface area contributed by atoms with Crippen LogP contribution in [0.3, 0.4) is 0 Å². The molecule has 1 saturated heterocycles. The summed E-state index contributed by atoms with van der Waals surface area (Å²) < 4.78 is 26.3. The smallest absolute Gasteiger partial charge is 0.243 e. The van der Waals surface area contributed by atoms with Crippen molar-refractivity contribution in [2.24, 2.45) is 5.73 Å². The molecule has 1 amide bonds. The van der Waals surface area contributed by atoms with Gasteiger partial charge in [-0.25, -0.2) is 8.42 Å². The average molecular weight is 376 g/mol. The molecule has 136 valence electrons. The Labute approximate surface area is 150 Å². The summed E-state index contributed by atoms with van der Waals surface area (Å²) in [5.74, 6) is -0.180. The molecule has 1 fully saturated rings. The molecule has 0 aromatic heterocycles. The highest BCUT2D eigenvalue weighted by molar-refractivity contribution is 7.89. The molecule has 0 saturated carbocycles. The average Bonchev–Trinajstić information content (AvgIpc) is 3.08. The molecule has 24 heavy (non-hydrogen) atoms.